The van der Waals surface area contributed by atoms with Crippen LogP contribution < -0.4 is 14.8 Å². The van der Waals surface area contributed by atoms with Gasteiger partial charge in [-0.15, -0.1) is 13.2 Å². The van der Waals surface area contributed by atoms with Gasteiger partial charge < -0.3 is 14.8 Å². The molecular weight excluding hydrogens is 563 g/mol. The summed E-state index contributed by atoms with van der Waals surface area (Å²) in [6, 6.07) is 11.2. The maximum atomic E-state index is 12.8. The quantitative estimate of drug-likeness (QED) is 0.280. The lowest BCUT2D eigenvalue weighted by Crippen LogP contribution is -2.36. The molecule has 8 nitrogen and oxygen atoms in total. The highest BCUT2D eigenvalue weighted by atomic mass is 35.5. The van der Waals surface area contributed by atoms with Crippen molar-refractivity contribution in [2.75, 3.05) is 12.4 Å². The molecule has 0 radical (unpaired) electrons. The Balaban J connectivity index is 0.000000883. The fraction of sp³-hybridized carbons (Fsp3) is 0.448. The SMILES string of the molecule is CCCC(=O)Cl.CCCC(=O)Nc1ccc(CN2N=C(c3ccc(OC(F)(F)F)c(OC)c3)C(CC)CC2=O)cc1. The molecule has 1 heterocycles. The minimum Gasteiger partial charge on any atom is -0.493 e. The topological polar surface area (TPSA) is 97.3 Å². The third kappa shape index (κ3) is 11.1. The number of ether oxygens (including phenoxy) is 2. The van der Waals surface area contributed by atoms with E-state index in [0.29, 0.717) is 36.2 Å². The number of alkyl halides is 3. The van der Waals surface area contributed by atoms with Crippen molar-refractivity contribution in [1.29, 1.82) is 0 Å². The summed E-state index contributed by atoms with van der Waals surface area (Å²) in [5.41, 5.74) is 2.62. The van der Waals surface area contributed by atoms with E-state index in [1.807, 2.05) is 32.9 Å². The molecule has 0 saturated carbocycles. The van der Waals surface area contributed by atoms with Gasteiger partial charge in [0, 0.05) is 36.4 Å². The molecular formula is C29H35ClF3N3O5. The molecule has 0 spiro atoms. The number of hydrogen-bond donors (Lipinski definition) is 1. The second kappa shape index (κ2) is 16.0. The lowest BCUT2D eigenvalue weighted by Gasteiger charge is -2.29. The van der Waals surface area contributed by atoms with E-state index in [1.54, 1.807) is 12.1 Å². The Morgan fingerprint density at radius 3 is 2.22 bits per heavy atom. The van der Waals surface area contributed by atoms with Crippen LogP contribution in [-0.4, -0.2) is 41.2 Å². The molecule has 1 unspecified atom stereocenters. The molecule has 1 N–H and O–H groups in total. The van der Waals surface area contributed by atoms with Gasteiger partial charge in [-0.1, -0.05) is 32.9 Å². The van der Waals surface area contributed by atoms with Crippen LogP contribution in [0.1, 0.15) is 70.4 Å². The van der Waals surface area contributed by atoms with Crippen LogP contribution in [0.4, 0.5) is 18.9 Å². The van der Waals surface area contributed by atoms with Crippen LogP contribution >= 0.6 is 11.6 Å². The largest absolute Gasteiger partial charge is 0.573 e. The second-order valence-corrected chi connectivity index (χ2v) is 9.68. The van der Waals surface area contributed by atoms with Gasteiger partial charge in [0.05, 0.1) is 19.4 Å². The summed E-state index contributed by atoms with van der Waals surface area (Å²) < 4.78 is 47.2. The lowest BCUT2D eigenvalue weighted by atomic mass is 9.89. The maximum absolute atomic E-state index is 12.8. The molecule has 2 amide bonds. The highest BCUT2D eigenvalue weighted by molar-refractivity contribution is 6.63. The zero-order valence-corrected chi connectivity index (χ0v) is 24.3. The van der Waals surface area contributed by atoms with Crippen molar-refractivity contribution in [3.8, 4) is 11.5 Å². The molecule has 1 aliphatic rings. The van der Waals surface area contributed by atoms with Gasteiger partial charge in [0.15, 0.2) is 11.5 Å². The zero-order chi connectivity index (χ0) is 30.6. The van der Waals surface area contributed by atoms with Crippen LogP contribution in [0.2, 0.25) is 0 Å². The molecule has 224 valence electrons. The van der Waals surface area contributed by atoms with Crippen LogP contribution in [-0.2, 0) is 20.9 Å². The van der Waals surface area contributed by atoms with Gasteiger partial charge in [-0.3, -0.25) is 14.4 Å². The number of halogens is 4. The smallest absolute Gasteiger partial charge is 0.493 e. The Bertz CT molecular complexity index is 1220. The number of rotatable bonds is 11. The van der Waals surface area contributed by atoms with Crippen LogP contribution in [0.5, 0.6) is 11.5 Å². The van der Waals surface area contributed by atoms with Gasteiger partial charge in [0.25, 0.3) is 0 Å². The molecule has 0 fully saturated rings. The van der Waals surface area contributed by atoms with Crippen molar-refractivity contribution < 1.29 is 37.0 Å². The molecule has 12 heteroatoms. The first-order valence-corrected chi connectivity index (χ1v) is 13.7. The van der Waals surface area contributed by atoms with E-state index in [-0.39, 0.29) is 41.7 Å². The summed E-state index contributed by atoms with van der Waals surface area (Å²) in [5.74, 6) is -0.930. The second-order valence-electron chi connectivity index (χ2n) is 9.26. The number of nitrogens with zero attached hydrogens (tertiary/aromatic N) is 2. The van der Waals surface area contributed by atoms with Gasteiger partial charge in [-0.25, -0.2) is 5.01 Å². The van der Waals surface area contributed by atoms with Gasteiger partial charge in [-0.05, 0) is 66.8 Å². The van der Waals surface area contributed by atoms with E-state index in [4.69, 9.17) is 16.3 Å². The molecule has 3 rings (SSSR count). The molecule has 41 heavy (non-hydrogen) atoms. The Kier molecular flexibility index (Phi) is 13.1. The van der Waals surface area contributed by atoms with Gasteiger partial charge >= 0.3 is 6.36 Å². The van der Waals surface area contributed by atoms with Crippen LogP contribution in [0, 0.1) is 5.92 Å². The normalized spacial score (nSPS) is 14.9. The monoisotopic (exact) mass is 597 g/mol. The van der Waals surface area contributed by atoms with E-state index in [1.165, 1.54) is 30.3 Å². The van der Waals surface area contributed by atoms with Crippen LogP contribution in [0.25, 0.3) is 0 Å². The summed E-state index contributed by atoms with van der Waals surface area (Å²) in [5, 5.41) is 8.50. The number of hydrazone groups is 1. The average molecular weight is 598 g/mol. The standard InChI is InChI=1S/C25H28F3N3O4.C4H7ClO/c1-4-6-22(32)29-19-10-7-16(8-11-19)15-31-23(33)14-17(5-2)24(30-31)18-9-12-20(21(13-18)34-3)35-25(26,27)28;1-2-3-4(5)6/h7-13,17H,4-6,14-15H2,1-3H3,(H,29,32);2-3H2,1H3. The van der Waals surface area contributed by atoms with Gasteiger partial charge in [-0.2, -0.15) is 5.10 Å². The Labute approximate surface area is 242 Å². The molecule has 1 atom stereocenters. The third-order valence-electron chi connectivity index (χ3n) is 6.00. The summed E-state index contributed by atoms with van der Waals surface area (Å²) >= 11 is 4.94. The predicted octanol–water partition coefficient (Wildman–Crippen LogP) is 7.05. The molecule has 1 aliphatic heterocycles. The number of carbonyl (C=O) groups is 3. The minimum absolute atomic E-state index is 0.0617. The van der Waals surface area contributed by atoms with E-state index >= 15 is 0 Å². The summed E-state index contributed by atoms with van der Waals surface area (Å²) in [4.78, 5) is 34.3. The minimum atomic E-state index is -4.85. The third-order valence-corrected chi connectivity index (χ3v) is 6.18. The van der Waals surface area contributed by atoms with Crippen molar-refractivity contribution >= 4 is 40.1 Å². The number of amides is 2. The van der Waals surface area contributed by atoms with Crippen molar-refractivity contribution in [3.63, 3.8) is 0 Å². The molecule has 0 saturated heterocycles. The van der Waals surface area contributed by atoms with Crippen molar-refractivity contribution in [2.24, 2.45) is 11.0 Å². The summed E-state index contributed by atoms with van der Waals surface area (Å²) in [7, 11) is 1.26. The van der Waals surface area contributed by atoms with Crippen molar-refractivity contribution in [1.82, 2.24) is 5.01 Å². The first kappa shape index (κ1) is 33.6. The predicted molar refractivity (Wildman–Crippen MR) is 151 cm³/mol. The summed E-state index contributed by atoms with van der Waals surface area (Å²) in [6.45, 7) is 5.98. The molecule has 0 aliphatic carbocycles. The Morgan fingerprint density at radius 1 is 1.05 bits per heavy atom. The zero-order valence-electron chi connectivity index (χ0n) is 23.5. The average Bonchev–Trinajstić information content (AvgIpc) is 2.90. The number of carbonyl (C=O) groups excluding carboxylic acids is 3. The van der Waals surface area contributed by atoms with E-state index < -0.39 is 12.1 Å². The number of methoxy groups -OCH3 is 1. The highest BCUT2D eigenvalue weighted by Gasteiger charge is 2.34. The highest BCUT2D eigenvalue weighted by Crippen LogP contribution is 2.35. The van der Waals surface area contributed by atoms with Gasteiger partial charge in [0.1, 0.15) is 0 Å². The van der Waals surface area contributed by atoms with E-state index in [0.717, 1.165) is 18.4 Å². The van der Waals surface area contributed by atoms with Crippen molar-refractivity contribution in [3.05, 3.63) is 53.6 Å². The molecule has 2 aromatic carbocycles. The Morgan fingerprint density at radius 2 is 1.71 bits per heavy atom. The lowest BCUT2D eigenvalue weighted by molar-refractivity contribution is -0.275. The number of hydrogen-bond acceptors (Lipinski definition) is 6. The summed E-state index contributed by atoms with van der Waals surface area (Å²) in [6.07, 6.45) is -1.44. The Hall–Kier alpha value is -3.60. The van der Waals surface area contributed by atoms with E-state index in [2.05, 4.69) is 15.2 Å². The fourth-order valence-corrected chi connectivity index (χ4v) is 4.17. The molecule has 2 aromatic rings. The van der Waals surface area contributed by atoms with Crippen LogP contribution in [0.15, 0.2) is 47.6 Å². The molecule has 0 bridgehead atoms. The number of anilines is 1. The number of nitrogens with one attached hydrogen (secondary N) is 1. The fourth-order valence-electron chi connectivity index (χ4n) is 3.98. The van der Waals surface area contributed by atoms with Gasteiger partial charge in [0.2, 0.25) is 17.1 Å². The maximum Gasteiger partial charge on any atom is 0.573 e. The first-order chi connectivity index (χ1) is 19.4. The number of benzene rings is 2. The first-order valence-electron chi connectivity index (χ1n) is 13.3. The molecule has 0 aromatic heterocycles. The van der Waals surface area contributed by atoms with Crippen molar-refractivity contribution in [2.45, 2.75) is 72.2 Å². The van der Waals surface area contributed by atoms with E-state index in [9.17, 15) is 27.6 Å². The van der Waals surface area contributed by atoms with Crippen LogP contribution in [0.3, 0.4) is 0 Å².